The Hall–Kier alpha value is -0.610. The molecule has 0 saturated carbocycles. The number of phenolic OH excluding ortho intramolecular Hbond substituents is 1. The minimum atomic E-state index is -1.44. The maximum absolute atomic E-state index is 11.6. The Morgan fingerprint density at radius 1 is 1.04 bits per heavy atom. The van der Waals surface area contributed by atoms with Crippen LogP contribution in [0.15, 0.2) is 48.5 Å². The molecule has 0 aliphatic rings. The maximum atomic E-state index is 11.6. The van der Waals surface area contributed by atoms with Crippen LogP contribution in [0.3, 0.4) is 0 Å². The molecular weight excluding hydrogens is 578 g/mol. The molecule has 2 aromatic carbocycles. The van der Waals surface area contributed by atoms with Crippen LogP contribution in [0.25, 0.3) is 0 Å². The van der Waals surface area contributed by atoms with Crippen LogP contribution in [0.5, 0.6) is 17.2 Å². The van der Waals surface area contributed by atoms with Crippen LogP contribution in [0.1, 0.15) is 10.4 Å². The van der Waals surface area contributed by atoms with E-state index in [0.717, 1.165) is 5.56 Å². The van der Waals surface area contributed by atoms with Gasteiger partial charge in [-0.1, -0.05) is 44.0 Å². The van der Waals surface area contributed by atoms with Gasteiger partial charge in [-0.25, -0.2) is 4.79 Å². The summed E-state index contributed by atoms with van der Waals surface area (Å²) >= 11 is 12.9. The fourth-order valence-electron chi connectivity index (χ4n) is 1.84. The molecule has 0 aromatic heterocycles. The average molecular weight is 589 g/mol. The van der Waals surface area contributed by atoms with Crippen LogP contribution < -0.4 is 4.74 Å². The summed E-state index contributed by atoms with van der Waals surface area (Å²) in [6, 6.07) is 13.4. The fraction of sp³-hybridized carbons (Fsp3) is 0.133. The number of carbonyl (C=O) groups is 1. The van der Waals surface area contributed by atoms with E-state index in [4.69, 9.17) is 4.74 Å². The van der Waals surface area contributed by atoms with Gasteiger partial charge in [-0.3, -0.25) is 0 Å². The summed E-state index contributed by atoms with van der Waals surface area (Å²) in [7, 11) is 0. The van der Waals surface area contributed by atoms with Gasteiger partial charge in [-0.05, 0) is 42.0 Å². The molecule has 2 aromatic rings. The van der Waals surface area contributed by atoms with Crippen LogP contribution in [-0.4, -0.2) is 23.6 Å². The number of aromatic hydroxyl groups is 1. The first-order chi connectivity index (χ1) is 11.2. The van der Waals surface area contributed by atoms with E-state index in [1.54, 1.807) is 36.4 Å². The number of benzene rings is 2. The predicted octanol–water partition coefficient (Wildman–Crippen LogP) is 5.72. The van der Waals surface area contributed by atoms with Crippen LogP contribution in [-0.2, 0) is 4.79 Å². The van der Waals surface area contributed by atoms with Gasteiger partial charge >= 0.3 is 5.97 Å². The number of ether oxygens (including phenoxy) is 1. The number of phenols is 1. The van der Waals surface area contributed by atoms with Crippen molar-refractivity contribution >= 4 is 70.1 Å². The monoisotopic (exact) mass is 585 g/mol. The number of carboxylic acids is 1. The zero-order chi connectivity index (χ0) is 17.9. The second-order valence-electron chi connectivity index (χ2n) is 4.74. The molecule has 2 rings (SSSR count). The van der Waals surface area contributed by atoms with Gasteiger partial charge in [0, 0.05) is 32.3 Å². The van der Waals surface area contributed by atoms with Crippen LogP contribution in [0, 0.1) is 0 Å². The molecule has 2 atom stereocenters. The summed E-state index contributed by atoms with van der Waals surface area (Å²) in [4.78, 5) is 11.0. The molecule has 0 fully saturated rings. The lowest BCUT2D eigenvalue weighted by atomic mass is 10.1. The lowest BCUT2D eigenvalue weighted by molar-refractivity contribution is -0.141. The van der Waals surface area contributed by atoms with Gasteiger partial charge in [0.1, 0.15) is 17.2 Å². The average Bonchev–Trinajstić information content (AvgIpc) is 2.55. The second-order valence-corrected chi connectivity index (χ2v) is 9.23. The Bertz CT molecular complexity index is 708. The Kier molecular flexibility index (Phi) is 6.72. The van der Waals surface area contributed by atoms with Crippen molar-refractivity contribution < 1.29 is 19.7 Å². The van der Waals surface area contributed by atoms with Crippen molar-refractivity contribution in [3.05, 3.63) is 54.1 Å². The summed E-state index contributed by atoms with van der Waals surface area (Å²) < 4.78 is 5.44. The van der Waals surface area contributed by atoms with Gasteiger partial charge in [0.05, 0.1) is 4.83 Å². The predicted molar refractivity (Wildman–Crippen MR) is 105 cm³/mol. The van der Waals surface area contributed by atoms with Gasteiger partial charge in [0.2, 0.25) is 4.45 Å². The highest BCUT2D eigenvalue weighted by Crippen LogP contribution is 2.46. The first kappa shape index (κ1) is 19.7. The number of halogens is 4. The van der Waals surface area contributed by atoms with Gasteiger partial charge in [0.25, 0.3) is 0 Å². The molecule has 2 N–H and O–H groups in total. The molecule has 9 heteroatoms. The summed E-state index contributed by atoms with van der Waals surface area (Å²) in [6.45, 7) is 0. The number of hydrogen-bond donors (Lipinski definition) is 2. The third-order valence-corrected chi connectivity index (χ3v) is 8.15. The maximum Gasteiger partial charge on any atom is 0.338 e. The van der Waals surface area contributed by atoms with E-state index in [1.165, 1.54) is 15.1 Å². The van der Waals surface area contributed by atoms with E-state index >= 15 is 0 Å². The summed E-state index contributed by atoms with van der Waals surface area (Å²) in [6.07, 6.45) is 0. The number of aliphatic carboxylic acids is 1. The Balaban J connectivity index is 2.19. The molecule has 0 bridgehead atoms. The molecular formula is C15H11Br4NO4. The van der Waals surface area contributed by atoms with Crippen LogP contribution in [0.4, 0.5) is 0 Å². The lowest BCUT2D eigenvalue weighted by Crippen LogP contribution is -2.43. The van der Waals surface area contributed by atoms with Crippen molar-refractivity contribution in [2.24, 2.45) is 0 Å². The van der Waals surface area contributed by atoms with E-state index in [0.29, 0.717) is 11.5 Å². The van der Waals surface area contributed by atoms with Crippen molar-refractivity contribution in [3.63, 3.8) is 0 Å². The summed E-state index contributed by atoms with van der Waals surface area (Å²) in [5.41, 5.74) is 0.733. The SMILES string of the molecule is O=C(O)C(Br)(C(Br)c1ccc(Oc2ccc(O)cc2)cc1)N(Br)Br. The molecule has 5 nitrogen and oxygen atoms in total. The smallest absolute Gasteiger partial charge is 0.338 e. The standard InChI is InChI=1S/C15H11Br4NO4/c16-13(15(17,14(22)23)20(18)19)9-1-5-11(6-2-9)24-12-7-3-10(21)4-8-12/h1-8,13,21H,(H,22,23). The molecule has 0 spiro atoms. The molecule has 24 heavy (non-hydrogen) atoms. The van der Waals surface area contributed by atoms with Gasteiger partial charge in [-0.2, -0.15) is 0 Å². The van der Waals surface area contributed by atoms with Crippen LogP contribution >= 0.6 is 64.2 Å². The van der Waals surface area contributed by atoms with E-state index < -0.39 is 15.2 Å². The van der Waals surface area contributed by atoms with E-state index in [-0.39, 0.29) is 5.75 Å². The topological polar surface area (TPSA) is 70.0 Å². The normalized spacial score (nSPS) is 14.9. The van der Waals surface area contributed by atoms with Crippen molar-refractivity contribution in [1.82, 2.24) is 2.95 Å². The largest absolute Gasteiger partial charge is 0.508 e. The zero-order valence-corrected chi connectivity index (χ0v) is 18.2. The number of rotatable bonds is 6. The highest BCUT2D eigenvalue weighted by atomic mass is 79.9. The molecule has 0 aliphatic carbocycles. The Morgan fingerprint density at radius 3 is 1.92 bits per heavy atom. The second kappa shape index (κ2) is 8.18. The van der Waals surface area contributed by atoms with Gasteiger partial charge in [0.15, 0.2) is 0 Å². The zero-order valence-electron chi connectivity index (χ0n) is 11.9. The lowest BCUT2D eigenvalue weighted by Gasteiger charge is -2.31. The molecule has 0 aliphatic heterocycles. The highest BCUT2D eigenvalue weighted by molar-refractivity contribution is 9.22. The highest BCUT2D eigenvalue weighted by Gasteiger charge is 2.48. The molecule has 128 valence electrons. The van der Waals surface area contributed by atoms with Crippen LogP contribution in [0.2, 0.25) is 0 Å². The number of hydrogen-bond acceptors (Lipinski definition) is 4. The van der Waals surface area contributed by atoms with E-state index in [2.05, 4.69) is 64.2 Å². The van der Waals surface area contributed by atoms with Crippen molar-refractivity contribution in [2.75, 3.05) is 0 Å². The van der Waals surface area contributed by atoms with Crippen molar-refractivity contribution in [2.45, 2.75) is 9.28 Å². The molecule has 0 radical (unpaired) electrons. The summed E-state index contributed by atoms with van der Waals surface area (Å²) in [5.74, 6) is 0.261. The Labute approximate surface area is 172 Å². The first-order valence-corrected chi connectivity index (χ1v) is 9.63. The van der Waals surface area contributed by atoms with Gasteiger partial charge < -0.3 is 14.9 Å². The molecule has 0 saturated heterocycles. The molecule has 2 unspecified atom stereocenters. The fourth-order valence-corrected chi connectivity index (χ4v) is 4.07. The number of alkyl halides is 2. The molecule has 0 heterocycles. The van der Waals surface area contributed by atoms with Crippen molar-refractivity contribution in [1.29, 1.82) is 0 Å². The quantitative estimate of drug-likeness (QED) is 0.257. The first-order valence-electron chi connectivity index (χ1n) is 6.50. The van der Waals surface area contributed by atoms with E-state index in [9.17, 15) is 15.0 Å². The third-order valence-electron chi connectivity index (χ3n) is 3.13. The Morgan fingerprint density at radius 2 is 1.50 bits per heavy atom. The third kappa shape index (κ3) is 4.32. The minimum absolute atomic E-state index is 0.163. The number of carboxylic acid groups (broad SMARTS) is 1. The molecule has 0 amide bonds. The summed E-state index contributed by atoms with van der Waals surface area (Å²) in [5, 5.41) is 18.7. The number of nitrogens with zero attached hydrogens (tertiary/aromatic N) is 1. The van der Waals surface area contributed by atoms with E-state index in [1.807, 2.05) is 0 Å². The van der Waals surface area contributed by atoms with Crippen molar-refractivity contribution in [3.8, 4) is 17.2 Å². The van der Waals surface area contributed by atoms with Gasteiger partial charge in [-0.15, -0.1) is 2.95 Å². The minimum Gasteiger partial charge on any atom is -0.508 e.